The summed E-state index contributed by atoms with van der Waals surface area (Å²) in [6, 6.07) is 0. The van der Waals surface area contributed by atoms with Crippen molar-refractivity contribution >= 4 is 11.9 Å². The molecule has 0 radical (unpaired) electrons. The van der Waals surface area contributed by atoms with Gasteiger partial charge in [-0.05, 0) is 103 Å². The molecule has 0 aromatic carbocycles. The lowest BCUT2D eigenvalue weighted by atomic mass is 9.55. The zero-order valence-electron chi connectivity index (χ0n) is 21.7. The van der Waals surface area contributed by atoms with Gasteiger partial charge >= 0.3 is 11.9 Å². The summed E-state index contributed by atoms with van der Waals surface area (Å²) in [6.45, 7) is 10.8. The Morgan fingerprint density at radius 1 is 1.12 bits per heavy atom. The van der Waals surface area contributed by atoms with Crippen LogP contribution in [0.1, 0.15) is 86.0 Å². The molecule has 3 aliphatic rings. The summed E-state index contributed by atoms with van der Waals surface area (Å²) in [4.78, 5) is 24.2. The molecule has 34 heavy (non-hydrogen) atoms. The van der Waals surface area contributed by atoms with Gasteiger partial charge in [0.2, 0.25) is 0 Å². The van der Waals surface area contributed by atoms with E-state index in [1.165, 1.54) is 16.7 Å². The van der Waals surface area contributed by atoms with Crippen LogP contribution in [0, 0.1) is 40.9 Å². The van der Waals surface area contributed by atoms with Crippen molar-refractivity contribution in [3.8, 4) is 0 Å². The van der Waals surface area contributed by atoms with Crippen LogP contribution in [0.4, 0.5) is 0 Å². The average molecular weight is 469 g/mol. The number of carboxylic acid groups (broad SMARTS) is 2. The number of hydrogen-bond donors (Lipinski definition) is 2. The minimum absolute atomic E-state index is 0.104. The minimum atomic E-state index is -0.880. The Morgan fingerprint density at radius 2 is 1.76 bits per heavy atom. The predicted molar refractivity (Wildman–Crippen MR) is 137 cm³/mol. The molecule has 4 heteroatoms. The van der Waals surface area contributed by atoms with Gasteiger partial charge in [0.25, 0.3) is 0 Å². The molecule has 1 fully saturated rings. The van der Waals surface area contributed by atoms with Gasteiger partial charge < -0.3 is 10.2 Å². The van der Waals surface area contributed by atoms with Crippen molar-refractivity contribution in [2.45, 2.75) is 86.0 Å². The molecule has 0 heterocycles. The Morgan fingerprint density at radius 3 is 2.35 bits per heavy atom. The third-order valence-electron chi connectivity index (χ3n) is 8.87. The molecule has 4 nitrogen and oxygen atoms in total. The first-order chi connectivity index (χ1) is 16.0. The highest BCUT2D eigenvalue weighted by Crippen LogP contribution is 2.53. The number of allylic oxidation sites excluding steroid dienone is 7. The van der Waals surface area contributed by atoms with Gasteiger partial charge in [0.15, 0.2) is 0 Å². The second kappa shape index (κ2) is 11.1. The molecule has 0 aliphatic heterocycles. The number of carbonyl (C=O) groups is 2. The van der Waals surface area contributed by atoms with E-state index < -0.39 is 17.4 Å². The molecule has 0 saturated heterocycles. The topological polar surface area (TPSA) is 74.6 Å². The summed E-state index contributed by atoms with van der Waals surface area (Å²) >= 11 is 0. The van der Waals surface area contributed by atoms with E-state index in [4.69, 9.17) is 0 Å². The van der Waals surface area contributed by atoms with Gasteiger partial charge in [0.05, 0.1) is 11.3 Å². The van der Waals surface area contributed by atoms with Crippen LogP contribution in [-0.2, 0) is 9.59 Å². The van der Waals surface area contributed by atoms with Crippen LogP contribution in [0.3, 0.4) is 0 Å². The van der Waals surface area contributed by atoms with Crippen LogP contribution in [-0.4, -0.2) is 22.2 Å². The van der Waals surface area contributed by atoms with Crippen LogP contribution in [0.5, 0.6) is 0 Å². The van der Waals surface area contributed by atoms with Crippen LogP contribution in [0.2, 0.25) is 0 Å². The first-order valence-corrected chi connectivity index (χ1v) is 13.2. The molecule has 5 atom stereocenters. The Kier molecular flexibility index (Phi) is 8.65. The molecular formula is C30H44O4. The molecule has 2 N–H and O–H groups in total. The molecule has 0 aromatic heterocycles. The molecule has 0 spiro atoms. The first-order valence-electron chi connectivity index (χ1n) is 13.2. The van der Waals surface area contributed by atoms with E-state index in [9.17, 15) is 19.8 Å². The van der Waals surface area contributed by atoms with Crippen molar-refractivity contribution in [1.29, 1.82) is 0 Å². The van der Waals surface area contributed by atoms with Crippen molar-refractivity contribution in [3.63, 3.8) is 0 Å². The summed E-state index contributed by atoms with van der Waals surface area (Å²) in [5.74, 6) is -0.367. The molecule has 0 bridgehead atoms. The highest BCUT2D eigenvalue weighted by molar-refractivity contribution is 5.80. The largest absolute Gasteiger partial charge is 0.481 e. The fourth-order valence-corrected chi connectivity index (χ4v) is 6.62. The van der Waals surface area contributed by atoms with Crippen molar-refractivity contribution in [1.82, 2.24) is 0 Å². The molecule has 0 unspecified atom stereocenters. The highest BCUT2D eigenvalue weighted by atomic mass is 16.4. The van der Waals surface area contributed by atoms with Gasteiger partial charge in [-0.2, -0.15) is 0 Å². The molecule has 188 valence electrons. The Hall–Kier alpha value is -2.10. The average Bonchev–Trinajstić information content (AvgIpc) is 2.78. The predicted octanol–water partition coefficient (Wildman–Crippen LogP) is 7.44. The van der Waals surface area contributed by atoms with Gasteiger partial charge in [-0.25, -0.2) is 0 Å². The Labute approximate surface area is 205 Å². The monoisotopic (exact) mass is 468 g/mol. The summed E-state index contributed by atoms with van der Waals surface area (Å²) in [5, 5.41) is 19.9. The first kappa shape index (κ1) is 26.5. The fraction of sp³-hybridized carbons (Fsp3) is 0.667. The van der Waals surface area contributed by atoms with Crippen LogP contribution in [0.15, 0.2) is 47.1 Å². The molecule has 0 amide bonds. The number of aliphatic carboxylic acids is 2. The lowest BCUT2D eigenvalue weighted by molar-refractivity contribution is -0.152. The second-order valence-corrected chi connectivity index (χ2v) is 11.6. The van der Waals surface area contributed by atoms with Gasteiger partial charge in [-0.3, -0.25) is 9.59 Å². The Bertz CT molecular complexity index is 879. The standard InChI is InChI=1S/C30H44O4/c1-19(2)7-6-8-21(4)25-13-14-30(29(33)34)26(15-20(3)16-27(30)18-25)17-22(5)23-9-11-24(12-10-23)28(31)32/h7,13-15,17,21,23-27H,6,8-12,16,18H2,1-5H3,(H,31,32)(H,33,34)/b22-17+/t21-,23?,24?,25+,26+,27-,30+/m1/s1. The number of carboxylic acids is 2. The van der Waals surface area contributed by atoms with E-state index in [0.717, 1.165) is 38.5 Å². The second-order valence-electron chi connectivity index (χ2n) is 11.6. The number of hydrogen-bond acceptors (Lipinski definition) is 2. The van der Waals surface area contributed by atoms with E-state index in [-0.39, 0.29) is 17.8 Å². The summed E-state index contributed by atoms with van der Waals surface area (Å²) in [7, 11) is 0. The van der Waals surface area contributed by atoms with E-state index in [1.807, 2.05) is 6.08 Å². The van der Waals surface area contributed by atoms with Crippen molar-refractivity contribution in [3.05, 3.63) is 47.1 Å². The summed E-state index contributed by atoms with van der Waals surface area (Å²) < 4.78 is 0. The maximum atomic E-state index is 12.8. The van der Waals surface area contributed by atoms with Crippen LogP contribution >= 0.6 is 0 Å². The maximum absolute atomic E-state index is 12.8. The van der Waals surface area contributed by atoms with Gasteiger partial charge in [-0.15, -0.1) is 0 Å². The normalized spacial score (nSPS) is 34.6. The van der Waals surface area contributed by atoms with Crippen molar-refractivity contribution in [2.24, 2.45) is 40.9 Å². The summed E-state index contributed by atoms with van der Waals surface area (Å²) in [6.07, 6.45) is 18.1. The highest BCUT2D eigenvalue weighted by Gasteiger charge is 2.52. The third-order valence-corrected chi connectivity index (χ3v) is 8.87. The molecule has 3 rings (SSSR count). The maximum Gasteiger partial charge on any atom is 0.314 e. The zero-order valence-corrected chi connectivity index (χ0v) is 21.7. The third kappa shape index (κ3) is 5.75. The lowest BCUT2D eigenvalue weighted by Crippen LogP contribution is -2.47. The van der Waals surface area contributed by atoms with Crippen molar-refractivity contribution < 1.29 is 19.8 Å². The number of fused-ring (bicyclic) bond motifs is 1. The van der Waals surface area contributed by atoms with Crippen molar-refractivity contribution in [2.75, 3.05) is 0 Å². The molecule has 3 aliphatic carbocycles. The zero-order chi connectivity index (χ0) is 25.0. The van der Waals surface area contributed by atoms with Gasteiger partial charge in [0, 0.05) is 5.92 Å². The van der Waals surface area contributed by atoms with Gasteiger partial charge in [0.1, 0.15) is 0 Å². The minimum Gasteiger partial charge on any atom is -0.481 e. The smallest absolute Gasteiger partial charge is 0.314 e. The van der Waals surface area contributed by atoms with Crippen LogP contribution in [0.25, 0.3) is 0 Å². The van der Waals surface area contributed by atoms with E-state index in [1.54, 1.807) is 0 Å². The number of rotatable bonds is 8. The quantitative estimate of drug-likeness (QED) is 0.363. The fourth-order valence-electron chi connectivity index (χ4n) is 6.62. The van der Waals surface area contributed by atoms with E-state index in [0.29, 0.717) is 30.6 Å². The van der Waals surface area contributed by atoms with Crippen LogP contribution < -0.4 is 0 Å². The Balaban J connectivity index is 1.82. The van der Waals surface area contributed by atoms with E-state index in [2.05, 4.69) is 58.9 Å². The summed E-state index contributed by atoms with van der Waals surface area (Å²) in [5.41, 5.74) is 2.99. The lowest BCUT2D eigenvalue weighted by Gasteiger charge is -2.47. The molecule has 0 aromatic rings. The molecular weight excluding hydrogens is 424 g/mol. The molecule has 1 saturated carbocycles. The SMILES string of the molecule is CC(C)=CCC[C@@H](C)[C@H]1C=C[C@@]2(C(=O)O)[C@H](CC(C)=C[C@H]2/C=C(\C)C2CCC(C(=O)O)CC2)C1. The van der Waals surface area contributed by atoms with Gasteiger partial charge in [-0.1, -0.05) is 54.0 Å². The van der Waals surface area contributed by atoms with E-state index >= 15 is 0 Å².